The molecular formula is C33H19F11O. The van der Waals surface area contributed by atoms with Crippen molar-refractivity contribution in [2.75, 3.05) is 0 Å². The van der Waals surface area contributed by atoms with Gasteiger partial charge in [0.05, 0.1) is 16.7 Å². The van der Waals surface area contributed by atoms with Crippen LogP contribution in [0, 0.1) is 34.9 Å². The van der Waals surface area contributed by atoms with Crippen LogP contribution in [0.4, 0.5) is 48.3 Å². The van der Waals surface area contributed by atoms with Gasteiger partial charge in [0, 0.05) is 10.9 Å². The normalized spacial score (nSPS) is 12.3. The summed E-state index contributed by atoms with van der Waals surface area (Å²) >= 11 is 0. The standard InChI is InChI=1S/C33H19F11O/c1-2-3-16-4-7-21-17(10-16)5-8-22(31(21)39)19-12-25(35)30(26(36)13-19)20-14-27(37)29(28(38)15-20)18-6-9-23(24(34)11-18)32(40,41)45-33(42,43)44/h4-15H,2-3H2,1H3. The zero-order valence-electron chi connectivity index (χ0n) is 22.9. The molecule has 0 unspecified atom stereocenters. The van der Waals surface area contributed by atoms with E-state index in [4.69, 9.17) is 0 Å². The third-order valence-corrected chi connectivity index (χ3v) is 7.06. The third-order valence-electron chi connectivity index (χ3n) is 7.06. The van der Waals surface area contributed by atoms with Gasteiger partial charge in [-0.1, -0.05) is 49.7 Å². The van der Waals surface area contributed by atoms with E-state index < -0.39 is 75.2 Å². The fraction of sp³-hybridized carbons (Fsp3) is 0.152. The molecule has 0 aliphatic carbocycles. The summed E-state index contributed by atoms with van der Waals surface area (Å²) in [5, 5.41) is 0.807. The van der Waals surface area contributed by atoms with Crippen LogP contribution in [0.25, 0.3) is 44.2 Å². The zero-order chi connectivity index (χ0) is 32.8. The van der Waals surface area contributed by atoms with Crippen molar-refractivity contribution in [1.82, 2.24) is 0 Å². The first kappa shape index (κ1) is 32.0. The summed E-state index contributed by atoms with van der Waals surface area (Å²) in [6.45, 7) is 1.99. The molecule has 1 nitrogen and oxygen atoms in total. The summed E-state index contributed by atoms with van der Waals surface area (Å²) in [5.41, 5.74) is -4.41. The maximum absolute atomic E-state index is 15.4. The summed E-state index contributed by atoms with van der Waals surface area (Å²) in [6, 6.07) is 11.5. The van der Waals surface area contributed by atoms with Gasteiger partial charge in [-0.2, -0.15) is 8.78 Å². The monoisotopic (exact) mass is 640 g/mol. The van der Waals surface area contributed by atoms with E-state index in [1.807, 2.05) is 13.0 Å². The molecule has 45 heavy (non-hydrogen) atoms. The first-order chi connectivity index (χ1) is 21.1. The van der Waals surface area contributed by atoms with Gasteiger partial charge in [0.15, 0.2) is 0 Å². The molecule has 5 rings (SSSR count). The second-order valence-corrected chi connectivity index (χ2v) is 10.1. The minimum atomic E-state index is -5.83. The summed E-state index contributed by atoms with van der Waals surface area (Å²) in [4.78, 5) is 0. The predicted octanol–water partition coefficient (Wildman–Crippen LogP) is 11.2. The molecule has 0 spiro atoms. The molecule has 12 heteroatoms. The van der Waals surface area contributed by atoms with Crippen molar-refractivity contribution in [3.63, 3.8) is 0 Å². The molecule has 0 atom stereocenters. The van der Waals surface area contributed by atoms with Gasteiger partial charge < -0.3 is 0 Å². The van der Waals surface area contributed by atoms with Crippen LogP contribution in [-0.2, 0) is 17.3 Å². The van der Waals surface area contributed by atoms with Gasteiger partial charge in [-0.3, -0.25) is 0 Å². The van der Waals surface area contributed by atoms with Gasteiger partial charge in [0.1, 0.15) is 34.9 Å². The molecule has 0 saturated heterocycles. The lowest BCUT2D eigenvalue weighted by Gasteiger charge is -2.19. The van der Waals surface area contributed by atoms with Crippen LogP contribution < -0.4 is 0 Å². The van der Waals surface area contributed by atoms with E-state index in [-0.39, 0.29) is 28.6 Å². The number of hydrogen-bond donors (Lipinski definition) is 0. The predicted molar refractivity (Wildman–Crippen MR) is 145 cm³/mol. The zero-order valence-corrected chi connectivity index (χ0v) is 22.9. The van der Waals surface area contributed by atoms with E-state index in [1.54, 1.807) is 18.2 Å². The highest BCUT2D eigenvalue weighted by Gasteiger charge is 2.47. The topological polar surface area (TPSA) is 9.23 Å². The van der Waals surface area contributed by atoms with Crippen LogP contribution in [0.15, 0.2) is 72.8 Å². The number of aryl methyl sites for hydroxylation is 1. The fourth-order valence-corrected chi connectivity index (χ4v) is 5.11. The van der Waals surface area contributed by atoms with E-state index in [1.165, 1.54) is 6.07 Å². The largest absolute Gasteiger partial charge is 0.527 e. The van der Waals surface area contributed by atoms with Crippen LogP contribution in [0.5, 0.6) is 0 Å². The quantitative estimate of drug-likeness (QED) is 0.161. The Morgan fingerprint density at radius 3 is 1.69 bits per heavy atom. The average molecular weight is 640 g/mol. The molecule has 0 aromatic heterocycles. The molecule has 0 radical (unpaired) electrons. The number of hydrogen-bond acceptors (Lipinski definition) is 1. The summed E-state index contributed by atoms with van der Waals surface area (Å²) in [5.74, 6) is -8.29. The highest BCUT2D eigenvalue weighted by molar-refractivity contribution is 5.89. The summed E-state index contributed by atoms with van der Waals surface area (Å²) in [6.07, 6.45) is -9.32. The Morgan fingerprint density at radius 1 is 0.578 bits per heavy atom. The van der Waals surface area contributed by atoms with E-state index in [9.17, 15) is 26.3 Å². The average Bonchev–Trinajstić information content (AvgIpc) is 2.91. The van der Waals surface area contributed by atoms with Gasteiger partial charge in [0.25, 0.3) is 0 Å². The maximum atomic E-state index is 15.4. The van der Waals surface area contributed by atoms with Gasteiger partial charge in [0.2, 0.25) is 0 Å². The van der Waals surface area contributed by atoms with Gasteiger partial charge >= 0.3 is 12.5 Å². The van der Waals surface area contributed by atoms with Crippen molar-refractivity contribution in [3.05, 3.63) is 119 Å². The van der Waals surface area contributed by atoms with Gasteiger partial charge in [-0.15, -0.1) is 13.2 Å². The number of benzene rings is 5. The van der Waals surface area contributed by atoms with E-state index >= 15 is 22.0 Å². The lowest BCUT2D eigenvalue weighted by atomic mass is 9.94. The lowest BCUT2D eigenvalue weighted by molar-refractivity contribution is -0.432. The number of halogens is 11. The highest BCUT2D eigenvalue weighted by atomic mass is 19.4. The van der Waals surface area contributed by atoms with Crippen molar-refractivity contribution in [2.45, 2.75) is 32.2 Å². The summed E-state index contributed by atoms with van der Waals surface area (Å²) in [7, 11) is 0. The SMILES string of the molecule is CCCc1ccc2c(F)c(-c3cc(F)c(-c4cc(F)c(-c5ccc(C(F)(F)OC(F)(F)F)c(F)c5)c(F)c4)c(F)c3)ccc2c1. The molecule has 0 aliphatic rings. The molecule has 5 aromatic rings. The first-order valence-electron chi connectivity index (χ1n) is 13.2. The van der Waals surface area contributed by atoms with Crippen LogP contribution >= 0.6 is 0 Å². The fourth-order valence-electron chi connectivity index (χ4n) is 5.11. The molecule has 5 aromatic carbocycles. The highest BCUT2D eigenvalue weighted by Crippen LogP contribution is 2.40. The van der Waals surface area contributed by atoms with Crippen LogP contribution in [0.2, 0.25) is 0 Å². The maximum Gasteiger partial charge on any atom is 0.527 e. The van der Waals surface area contributed by atoms with Gasteiger partial charge in [-0.25, -0.2) is 31.1 Å². The van der Waals surface area contributed by atoms with E-state index in [0.717, 1.165) is 30.5 Å². The van der Waals surface area contributed by atoms with E-state index in [2.05, 4.69) is 4.74 Å². The molecule has 0 aliphatic heterocycles. The second-order valence-electron chi connectivity index (χ2n) is 10.1. The van der Waals surface area contributed by atoms with Crippen LogP contribution in [-0.4, -0.2) is 6.36 Å². The molecule has 0 bridgehead atoms. The Bertz CT molecular complexity index is 1880. The van der Waals surface area contributed by atoms with Crippen LogP contribution in [0.3, 0.4) is 0 Å². The molecule has 0 amide bonds. The van der Waals surface area contributed by atoms with Crippen LogP contribution in [0.1, 0.15) is 24.5 Å². The number of rotatable bonds is 7. The number of alkyl halides is 5. The number of ether oxygens (including phenoxy) is 1. The Hall–Kier alpha value is -4.45. The first-order valence-corrected chi connectivity index (χ1v) is 13.2. The second kappa shape index (κ2) is 11.8. The molecule has 0 fully saturated rings. The Morgan fingerprint density at radius 2 is 1.13 bits per heavy atom. The van der Waals surface area contributed by atoms with E-state index in [0.29, 0.717) is 23.6 Å². The smallest absolute Gasteiger partial charge is 0.222 e. The van der Waals surface area contributed by atoms with Crippen molar-refractivity contribution >= 4 is 10.8 Å². The van der Waals surface area contributed by atoms with Crippen molar-refractivity contribution < 1.29 is 53.0 Å². The molecule has 234 valence electrons. The third kappa shape index (κ3) is 6.37. The Labute approximate surface area is 248 Å². The summed E-state index contributed by atoms with van der Waals surface area (Å²) < 4.78 is 157. The van der Waals surface area contributed by atoms with Crippen molar-refractivity contribution in [2.24, 2.45) is 0 Å². The molecule has 0 saturated carbocycles. The van der Waals surface area contributed by atoms with Crippen molar-refractivity contribution in [1.29, 1.82) is 0 Å². The lowest BCUT2D eigenvalue weighted by Crippen LogP contribution is -2.28. The van der Waals surface area contributed by atoms with Gasteiger partial charge in [-0.05, 0) is 70.5 Å². The molecule has 0 heterocycles. The number of fused-ring (bicyclic) bond motifs is 1. The Kier molecular flexibility index (Phi) is 8.39. The minimum absolute atomic E-state index is 0.125. The molecular weight excluding hydrogens is 621 g/mol. The molecule has 0 N–H and O–H groups in total. The Balaban J connectivity index is 1.50. The minimum Gasteiger partial charge on any atom is -0.222 e. The van der Waals surface area contributed by atoms with Crippen molar-refractivity contribution in [3.8, 4) is 33.4 Å².